The van der Waals surface area contributed by atoms with E-state index in [9.17, 15) is 29.4 Å². The number of carbonyl (C=O) groups is 4. The molecule has 2 amide bonds. The molecule has 0 aliphatic carbocycles. The van der Waals surface area contributed by atoms with E-state index in [1.807, 2.05) is 0 Å². The third-order valence-corrected chi connectivity index (χ3v) is 23.8. The van der Waals surface area contributed by atoms with Crippen molar-refractivity contribution in [3.63, 3.8) is 0 Å². The normalized spacial score (nSPS) is 13.3. The summed E-state index contributed by atoms with van der Waals surface area (Å²) in [4.78, 5) is 53.7. The number of carbonyl (C=O) groups excluding carboxylic acids is 4. The predicted molar refractivity (Wildman–Crippen MR) is 489 cm³/mol. The summed E-state index contributed by atoms with van der Waals surface area (Å²) in [5.74, 6) is -0.163. The fourth-order valence-electron chi connectivity index (χ4n) is 16.4. The summed E-state index contributed by atoms with van der Waals surface area (Å²) in [5, 5.41) is 44.0. The minimum Gasteiger partial charge on any atom is -0.510 e. The molecule has 4 atom stereocenters. The molecule has 0 aromatic heterocycles. The van der Waals surface area contributed by atoms with Gasteiger partial charge in [0.05, 0.1) is 30.4 Å². The van der Waals surface area contributed by atoms with Crippen LogP contribution in [0.1, 0.15) is 487 Å². The maximum absolute atomic E-state index is 13.5. The van der Waals surface area contributed by atoms with Crippen LogP contribution in [0.25, 0.3) is 0 Å². The number of nitrogens with one attached hydrogen (secondary N) is 2. The number of benzene rings is 2. The lowest BCUT2D eigenvalue weighted by atomic mass is 9.78. The first-order valence-corrected chi connectivity index (χ1v) is 49.2. The molecule has 666 valence electrons. The Morgan fingerprint density at radius 1 is 0.310 bits per heavy atom. The number of hydrogen-bond donors (Lipinski definition) is 4. The van der Waals surface area contributed by atoms with Crippen molar-refractivity contribution in [3.8, 4) is 0 Å². The highest BCUT2D eigenvalue weighted by atomic mass is 16.5. The third kappa shape index (κ3) is 58.5. The van der Waals surface area contributed by atoms with Crippen molar-refractivity contribution in [1.82, 2.24) is 10.6 Å². The number of rotatable bonds is 83. The first kappa shape index (κ1) is 107. The third-order valence-electron chi connectivity index (χ3n) is 23.8. The summed E-state index contributed by atoms with van der Waals surface area (Å²) < 4.78 is 18.0. The van der Waals surface area contributed by atoms with Gasteiger partial charge in [-0.2, -0.15) is 0 Å². The first-order valence-electron chi connectivity index (χ1n) is 49.2. The van der Waals surface area contributed by atoms with Crippen molar-refractivity contribution in [3.05, 3.63) is 82.6 Å². The maximum Gasteiger partial charge on any atom is 0.340 e. The lowest BCUT2D eigenvalue weighted by molar-refractivity contribution is -0.118. The van der Waals surface area contributed by atoms with Crippen LogP contribution in [0, 0.1) is 17.8 Å². The van der Waals surface area contributed by atoms with Crippen LogP contribution in [0.3, 0.4) is 0 Å². The molecule has 15 heteroatoms. The van der Waals surface area contributed by atoms with Crippen LogP contribution in [-0.4, -0.2) is 73.0 Å². The van der Waals surface area contributed by atoms with E-state index in [4.69, 9.17) is 14.2 Å². The quantitative estimate of drug-likeness (QED) is 0.0163. The van der Waals surface area contributed by atoms with E-state index in [1.54, 1.807) is 48.5 Å². The molecular weight excluding hydrogens is 1440 g/mol. The van der Waals surface area contributed by atoms with Gasteiger partial charge in [-0.05, 0) is 94.4 Å². The SMILES string of the molecule is CCCCCCCCCC(CCCCCCCC)CCCCNC(=O)C(N=Nc1ccccc1C(=O)OCCCCCCCCC(CCCCCCCCC)C(CCCCCCCCC)CCCCCCCCOC(=O)c1ccccc1N=NC(C(=O)NCCCOC(CCCCCCCC)CCCCCCCCC)=C(C)O)=C(C)O. The van der Waals surface area contributed by atoms with Crippen LogP contribution in [0.5, 0.6) is 0 Å². The zero-order valence-corrected chi connectivity index (χ0v) is 76.3. The summed E-state index contributed by atoms with van der Waals surface area (Å²) in [5.41, 5.74) is 0.748. The van der Waals surface area contributed by atoms with E-state index < -0.39 is 23.8 Å². The van der Waals surface area contributed by atoms with Gasteiger partial charge in [0.2, 0.25) is 0 Å². The number of aliphatic hydroxyl groups is 2. The lowest BCUT2D eigenvalue weighted by Crippen LogP contribution is -2.27. The van der Waals surface area contributed by atoms with Gasteiger partial charge < -0.3 is 35.1 Å². The standard InChI is InChI=1S/C101H178N6O9/c1-9-15-21-27-33-42-52-69-88(68-51-41-31-25-19-13-5)70-63-64-81-102-98(110)96(86(7)108)106-104-94-79-61-59-77-92(94)100(112)115-83-65-49-39-37-45-55-73-89(71-53-43-34-28-22-16-10-2)90(72-54-44-35-29-23-17-11-3)74-56-46-38-40-50-66-84-116-101(113)93-78-60-62-80-95(93)105-107-97(87(8)109)99(111)103-82-67-85-114-91(75-57-47-32-26-20-14-6)76-58-48-36-30-24-18-12-4/h59-62,77-80,88-91,108-109H,9-58,63-76,81-85H2,1-8H3,(H,102,110)(H,103,111). The van der Waals surface area contributed by atoms with Crippen LogP contribution in [0.15, 0.2) is 91.9 Å². The van der Waals surface area contributed by atoms with E-state index in [-0.39, 0.29) is 45.8 Å². The minimum atomic E-state index is -0.528. The molecule has 0 saturated heterocycles. The van der Waals surface area contributed by atoms with Gasteiger partial charge in [-0.15, -0.1) is 20.5 Å². The van der Waals surface area contributed by atoms with Crippen LogP contribution in [-0.2, 0) is 23.8 Å². The fraction of sp³-hybridized carbons (Fsp3) is 0.802. The molecular formula is C101H178N6O9. The van der Waals surface area contributed by atoms with Gasteiger partial charge in [-0.25, -0.2) is 9.59 Å². The van der Waals surface area contributed by atoms with Gasteiger partial charge in [0.1, 0.15) is 22.9 Å². The summed E-state index contributed by atoms with van der Waals surface area (Å²) in [7, 11) is 0. The second kappa shape index (κ2) is 78.1. The molecule has 116 heavy (non-hydrogen) atoms. The number of esters is 2. The Hall–Kier alpha value is -5.44. The zero-order valence-electron chi connectivity index (χ0n) is 76.3. The Kier molecular flexibility index (Phi) is 71.8. The number of hydrogen-bond acceptors (Lipinski definition) is 13. The Labute approximate surface area is 711 Å². The Bertz CT molecular complexity index is 2610. The van der Waals surface area contributed by atoms with E-state index in [0.29, 0.717) is 45.0 Å². The fourth-order valence-corrected chi connectivity index (χ4v) is 16.4. The molecule has 0 aliphatic rings. The molecule has 4 N–H and O–H groups in total. The number of allylic oxidation sites excluding steroid dienone is 2. The minimum absolute atomic E-state index is 0.158. The molecule has 0 saturated carbocycles. The van der Waals surface area contributed by atoms with Crippen molar-refractivity contribution in [2.45, 2.75) is 472 Å². The van der Waals surface area contributed by atoms with Gasteiger partial charge in [0.25, 0.3) is 11.8 Å². The highest BCUT2D eigenvalue weighted by Gasteiger charge is 2.23. The Morgan fingerprint density at radius 3 is 0.879 bits per heavy atom. The molecule has 0 aliphatic heterocycles. The number of azo groups is 2. The Morgan fingerprint density at radius 2 is 0.569 bits per heavy atom. The van der Waals surface area contributed by atoms with Gasteiger partial charge in [-0.3, -0.25) is 9.59 Å². The zero-order chi connectivity index (χ0) is 84.0. The molecule has 0 spiro atoms. The molecule has 0 heterocycles. The Balaban J connectivity index is 1.92. The van der Waals surface area contributed by atoms with Gasteiger partial charge in [0, 0.05) is 19.7 Å². The largest absolute Gasteiger partial charge is 0.510 e. The van der Waals surface area contributed by atoms with Gasteiger partial charge in [-0.1, -0.05) is 438 Å². The van der Waals surface area contributed by atoms with Crippen LogP contribution in [0.4, 0.5) is 11.4 Å². The van der Waals surface area contributed by atoms with E-state index in [2.05, 4.69) is 72.6 Å². The van der Waals surface area contributed by atoms with Crippen LogP contribution in [0.2, 0.25) is 0 Å². The summed E-state index contributed by atoms with van der Waals surface area (Å²) in [6.45, 7) is 18.6. The molecule has 0 bridgehead atoms. The lowest BCUT2D eigenvalue weighted by Gasteiger charge is -2.28. The average molecular weight is 1620 g/mol. The highest BCUT2D eigenvalue weighted by Crippen LogP contribution is 2.35. The number of unbranched alkanes of at least 4 members (excludes halogenated alkanes) is 45. The summed E-state index contributed by atoms with van der Waals surface area (Å²) in [6.07, 6.45) is 79.8. The molecule has 0 radical (unpaired) electrons. The number of aliphatic hydroxyl groups excluding tert-OH is 2. The molecule has 15 nitrogen and oxygen atoms in total. The number of nitrogens with zero attached hydrogens (tertiary/aromatic N) is 4. The van der Waals surface area contributed by atoms with Crippen molar-refractivity contribution in [2.75, 3.05) is 32.9 Å². The van der Waals surface area contributed by atoms with Crippen molar-refractivity contribution >= 4 is 35.1 Å². The van der Waals surface area contributed by atoms with E-state index in [1.165, 1.54) is 354 Å². The highest BCUT2D eigenvalue weighted by molar-refractivity contribution is 5.96. The van der Waals surface area contributed by atoms with E-state index >= 15 is 0 Å². The van der Waals surface area contributed by atoms with Crippen LogP contribution < -0.4 is 10.6 Å². The van der Waals surface area contributed by atoms with Crippen molar-refractivity contribution in [1.29, 1.82) is 0 Å². The second-order valence-electron chi connectivity index (χ2n) is 34.4. The van der Waals surface area contributed by atoms with Crippen LogP contribution >= 0.6 is 0 Å². The summed E-state index contributed by atoms with van der Waals surface area (Å²) >= 11 is 0. The molecule has 0 fully saturated rings. The number of amides is 2. The smallest absolute Gasteiger partial charge is 0.340 e. The van der Waals surface area contributed by atoms with Crippen molar-refractivity contribution in [2.24, 2.45) is 38.2 Å². The molecule has 2 aromatic carbocycles. The average Bonchev–Trinajstić information content (AvgIpc) is 0.860. The van der Waals surface area contributed by atoms with Gasteiger partial charge in [0.15, 0.2) is 11.4 Å². The summed E-state index contributed by atoms with van der Waals surface area (Å²) in [6, 6.07) is 13.8. The molecule has 4 unspecified atom stereocenters. The van der Waals surface area contributed by atoms with Gasteiger partial charge >= 0.3 is 11.9 Å². The second-order valence-corrected chi connectivity index (χ2v) is 34.4. The number of ether oxygens (including phenoxy) is 3. The maximum atomic E-state index is 13.5. The topological polar surface area (TPSA) is 210 Å². The molecule has 2 rings (SSSR count). The van der Waals surface area contributed by atoms with E-state index in [0.717, 1.165) is 82.0 Å². The molecule has 2 aromatic rings. The monoisotopic (exact) mass is 1620 g/mol. The van der Waals surface area contributed by atoms with Crippen molar-refractivity contribution < 1.29 is 43.6 Å². The predicted octanol–water partition coefficient (Wildman–Crippen LogP) is 32.0. The first-order chi connectivity index (χ1) is 56.8.